The summed E-state index contributed by atoms with van der Waals surface area (Å²) in [5.41, 5.74) is 0. The fourth-order valence-corrected chi connectivity index (χ4v) is 6.40. The summed E-state index contributed by atoms with van der Waals surface area (Å²) in [6.45, 7) is 4.28. The average molecular weight is 700 g/mol. The van der Waals surface area contributed by atoms with Gasteiger partial charge in [-0.3, -0.25) is 4.79 Å². The highest BCUT2D eigenvalue weighted by Crippen LogP contribution is 2.13. The summed E-state index contributed by atoms with van der Waals surface area (Å²) in [7, 11) is 0. The lowest BCUT2D eigenvalue weighted by molar-refractivity contribution is -0.123. The van der Waals surface area contributed by atoms with Crippen LogP contribution in [0.3, 0.4) is 0 Å². The predicted octanol–water partition coefficient (Wildman–Crippen LogP) is 13.6. The molecule has 0 aliphatic carbocycles. The second-order valence-corrected chi connectivity index (χ2v) is 14.8. The van der Waals surface area contributed by atoms with E-state index in [1.165, 1.54) is 161 Å². The number of hydrogen-bond donors (Lipinski definition) is 3. The molecule has 0 bridgehead atoms. The van der Waals surface area contributed by atoms with Crippen molar-refractivity contribution in [3.63, 3.8) is 0 Å². The van der Waals surface area contributed by atoms with Crippen LogP contribution in [0.2, 0.25) is 0 Å². The second kappa shape index (κ2) is 41.8. The van der Waals surface area contributed by atoms with Crippen LogP contribution in [-0.4, -0.2) is 34.9 Å². The molecular weight excluding hydrogens is 615 g/mol. The Kier molecular flexibility index (Phi) is 40.4. The molecule has 2 atom stereocenters. The first-order valence-electron chi connectivity index (χ1n) is 21.9. The van der Waals surface area contributed by atoms with Gasteiger partial charge >= 0.3 is 0 Å². The van der Waals surface area contributed by atoms with Crippen LogP contribution in [0.5, 0.6) is 0 Å². The van der Waals surface area contributed by atoms with Gasteiger partial charge in [0.2, 0.25) is 5.91 Å². The average Bonchev–Trinajstić information content (AvgIpc) is 3.12. The van der Waals surface area contributed by atoms with Crippen molar-refractivity contribution in [2.24, 2.45) is 0 Å². The summed E-state index contributed by atoms with van der Waals surface area (Å²) in [4.78, 5) is 12.4. The minimum atomic E-state index is -0.863. The van der Waals surface area contributed by atoms with Gasteiger partial charge in [0.15, 0.2) is 0 Å². The van der Waals surface area contributed by atoms with E-state index in [0.717, 1.165) is 38.5 Å². The molecule has 50 heavy (non-hydrogen) atoms. The van der Waals surface area contributed by atoms with Crippen LogP contribution in [0.1, 0.15) is 219 Å². The van der Waals surface area contributed by atoms with E-state index < -0.39 is 12.1 Å². The van der Waals surface area contributed by atoms with Crippen LogP contribution in [-0.2, 0) is 4.79 Å². The molecule has 4 nitrogen and oxygen atoms in total. The molecule has 0 saturated heterocycles. The van der Waals surface area contributed by atoms with Crippen LogP contribution in [0.15, 0.2) is 48.6 Å². The molecule has 0 saturated carbocycles. The molecule has 3 N–H and O–H groups in total. The van der Waals surface area contributed by atoms with Crippen molar-refractivity contribution in [2.45, 2.75) is 231 Å². The maximum atomic E-state index is 12.4. The van der Waals surface area contributed by atoms with Gasteiger partial charge in [0.25, 0.3) is 0 Å². The Hall–Kier alpha value is -1.65. The Bertz CT molecular complexity index is 801. The first-order valence-corrected chi connectivity index (χ1v) is 21.9. The monoisotopic (exact) mass is 700 g/mol. The normalized spacial score (nSPS) is 13.4. The van der Waals surface area contributed by atoms with Crippen molar-refractivity contribution < 1.29 is 15.0 Å². The molecule has 0 aliphatic heterocycles. The molecule has 0 radical (unpaired) electrons. The van der Waals surface area contributed by atoms with Crippen molar-refractivity contribution in [1.82, 2.24) is 5.32 Å². The Morgan fingerprint density at radius 2 is 0.840 bits per heavy atom. The quantitative estimate of drug-likeness (QED) is 0.0442. The molecule has 1 amide bonds. The summed E-state index contributed by atoms with van der Waals surface area (Å²) < 4.78 is 0. The number of carbonyl (C=O) groups excluding carboxylic acids is 1. The van der Waals surface area contributed by atoms with Crippen LogP contribution in [0.4, 0.5) is 0 Å². The lowest BCUT2D eigenvalue weighted by Crippen LogP contribution is -2.45. The highest BCUT2D eigenvalue weighted by Gasteiger charge is 2.17. The summed E-state index contributed by atoms with van der Waals surface area (Å²) in [6.07, 6.45) is 56.5. The highest BCUT2D eigenvalue weighted by atomic mass is 16.3. The van der Waals surface area contributed by atoms with E-state index in [-0.39, 0.29) is 12.5 Å². The molecule has 0 aromatic carbocycles. The molecule has 0 spiro atoms. The minimum Gasteiger partial charge on any atom is -0.394 e. The number of hydrogen-bond acceptors (Lipinski definition) is 3. The van der Waals surface area contributed by atoms with E-state index in [2.05, 4.69) is 55.6 Å². The molecule has 0 fully saturated rings. The van der Waals surface area contributed by atoms with E-state index >= 15 is 0 Å². The minimum absolute atomic E-state index is 0.0797. The fourth-order valence-electron chi connectivity index (χ4n) is 6.40. The number of carbonyl (C=O) groups is 1. The summed E-state index contributed by atoms with van der Waals surface area (Å²) in [5.74, 6) is -0.0797. The Balaban J connectivity index is 3.59. The molecule has 0 aromatic heterocycles. The van der Waals surface area contributed by atoms with E-state index in [1.807, 2.05) is 6.08 Å². The van der Waals surface area contributed by atoms with Gasteiger partial charge in [-0.2, -0.15) is 0 Å². The Labute approximate surface area is 312 Å². The zero-order chi connectivity index (χ0) is 36.4. The van der Waals surface area contributed by atoms with E-state index in [9.17, 15) is 15.0 Å². The number of allylic oxidation sites excluding steroid dienone is 7. The zero-order valence-electron chi connectivity index (χ0n) is 33.4. The first kappa shape index (κ1) is 48.3. The fraction of sp³-hybridized carbons (Fsp3) is 0.804. The van der Waals surface area contributed by atoms with Gasteiger partial charge in [-0.25, -0.2) is 0 Å². The Morgan fingerprint density at radius 1 is 0.480 bits per heavy atom. The number of aliphatic hydroxyl groups is 2. The number of amides is 1. The van der Waals surface area contributed by atoms with E-state index in [1.54, 1.807) is 6.08 Å². The maximum absolute atomic E-state index is 12.4. The third-order valence-electron chi connectivity index (χ3n) is 9.78. The lowest BCUT2D eigenvalue weighted by atomic mass is 10.1. The summed E-state index contributed by atoms with van der Waals surface area (Å²) in [6, 6.07) is -0.641. The van der Waals surface area contributed by atoms with E-state index in [4.69, 9.17) is 0 Å². The van der Waals surface area contributed by atoms with Crippen molar-refractivity contribution >= 4 is 5.91 Å². The zero-order valence-corrected chi connectivity index (χ0v) is 33.4. The van der Waals surface area contributed by atoms with Gasteiger partial charge in [0, 0.05) is 6.42 Å². The first-order chi connectivity index (χ1) is 24.7. The molecule has 292 valence electrons. The number of unbranched alkanes of at least 4 members (excludes halogenated alkanes) is 26. The summed E-state index contributed by atoms with van der Waals surface area (Å²) in [5, 5.41) is 22.9. The van der Waals surface area contributed by atoms with Gasteiger partial charge in [0.05, 0.1) is 18.8 Å². The third kappa shape index (κ3) is 37.6. The molecule has 0 rings (SSSR count). The number of nitrogens with one attached hydrogen (secondary N) is 1. The van der Waals surface area contributed by atoms with E-state index in [0.29, 0.717) is 6.42 Å². The maximum Gasteiger partial charge on any atom is 0.220 e. The van der Waals surface area contributed by atoms with Crippen LogP contribution in [0.25, 0.3) is 0 Å². The number of aliphatic hydroxyl groups excluding tert-OH is 2. The van der Waals surface area contributed by atoms with Crippen LogP contribution in [0, 0.1) is 0 Å². The van der Waals surface area contributed by atoms with Gasteiger partial charge < -0.3 is 15.5 Å². The van der Waals surface area contributed by atoms with Gasteiger partial charge in [-0.1, -0.05) is 197 Å². The van der Waals surface area contributed by atoms with Gasteiger partial charge in [-0.15, -0.1) is 0 Å². The molecule has 0 heterocycles. The standard InChI is InChI=1S/C46H85NO3/c1-3-5-7-9-11-13-15-17-18-19-20-21-22-23-24-25-26-27-28-30-32-34-36-38-40-42-46(50)47-44(43-48)45(49)41-39-37-35-33-31-29-16-14-12-10-8-6-4-2/h20-21,23-24,31,33,39,41,44-45,48-49H,3-19,22,25-30,32,34-38,40,42-43H2,1-2H3,(H,47,50)/b21-20-,24-23-,33-31+,41-39+. The molecule has 0 aromatic rings. The topological polar surface area (TPSA) is 69.6 Å². The molecule has 4 heteroatoms. The molecule has 0 aliphatic rings. The largest absolute Gasteiger partial charge is 0.394 e. The van der Waals surface area contributed by atoms with Crippen molar-refractivity contribution in [3.05, 3.63) is 48.6 Å². The van der Waals surface area contributed by atoms with Crippen LogP contribution >= 0.6 is 0 Å². The summed E-state index contributed by atoms with van der Waals surface area (Å²) >= 11 is 0. The molecule has 2 unspecified atom stereocenters. The third-order valence-corrected chi connectivity index (χ3v) is 9.78. The smallest absolute Gasteiger partial charge is 0.220 e. The highest BCUT2D eigenvalue weighted by molar-refractivity contribution is 5.76. The SMILES string of the molecule is CCCCCCCCC/C=C/CC/C=C/C(O)C(CO)NC(=O)CCCCCCCCCCC/C=C\C/C=C\CCCCCCCCCCC. The van der Waals surface area contributed by atoms with Gasteiger partial charge in [0.1, 0.15) is 0 Å². The van der Waals surface area contributed by atoms with Crippen molar-refractivity contribution in [3.8, 4) is 0 Å². The second-order valence-electron chi connectivity index (χ2n) is 14.8. The van der Waals surface area contributed by atoms with Crippen molar-refractivity contribution in [2.75, 3.05) is 6.61 Å². The van der Waals surface area contributed by atoms with Crippen molar-refractivity contribution in [1.29, 1.82) is 0 Å². The predicted molar refractivity (Wildman–Crippen MR) is 221 cm³/mol. The Morgan fingerprint density at radius 3 is 1.28 bits per heavy atom. The van der Waals surface area contributed by atoms with Gasteiger partial charge in [-0.05, 0) is 64.2 Å². The van der Waals surface area contributed by atoms with Crippen LogP contribution < -0.4 is 5.32 Å². The number of rotatable bonds is 39. The lowest BCUT2D eigenvalue weighted by Gasteiger charge is -2.19. The molecular formula is C46H85NO3.